The second-order valence-electron chi connectivity index (χ2n) is 9.28. The Balaban J connectivity index is 1.43. The normalized spacial score (nSPS) is 21.0. The van der Waals surface area contributed by atoms with E-state index in [1.807, 2.05) is 51.1 Å². The minimum Gasteiger partial charge on any atom is -0.384 e. The summed E-state index contributed by atoms with van der Waals surface area (Å²) in [4.78, 5) is 22.1. The quantitative estimate of drug-likeness (QED) is 0.539. The van der Waals surface area contributed by atoms with Crippen LogP contribution < -0.4 is 0 Å². The molecule has 2 heterocycles. The highest BCUT2D eigenvalue weighted by Gasteiger charge is 2.37. The van der Waals surface area contributed by atoms with Crippen LogP contribution in [0.3, 0.4) is 0 Å². The topological polar surface area (TPSA) is 45.1 Å². The molecule has 2 aliphatic rings. The molecule has 34 heavy (non-hydrogen) atoms. The summed E-state index contributed by atoms with van der Waals surface area (Å²) in [6.07, 6.45) is -4.52. The van der Waals surface area contributed by atoms with Crippen molar-refractivity contribution >= 4 is 23.2 Å². The third-order valence-electron chi connectivity index (χ3n) is 6.36. The Morgan fingerprint density at radius 3 is 2.62 bits per heavy atom. The molecule has 1 fully saturated rings. The number of amides is 1. The van der Waals surface area contributed by atoms with Gasteiger partial charge in [-0.2, -0.15) is 13.2 Å². The maximum atomic E-state index is 13.0. The van der Waals surface area contributed by atoms with Crippen molar-refractivity contribution in [3.05, 3.63) is 69.2 Å². The molecular formula is C25H27ClF3N3O2. The number of nitrogens with zero attached hydrogens (tertiary/aromatic N) is 3. The van der Waals surface area contributed by atoms with Crippen LogP contribution in [-0.2, 0) is 10.4 Å². The molecule has 1 atom stereocenters. The number of aryl methyl sites for hydroxylation is 2. The molecule has 0 radical (unpaired) electrons. The zero-order chi connectivity index (χ0) is 24.7. The lowest BCUT2D eigenvalue weighted by Crippen LogP contribution is -2.32. The Bertz CT molecular complexity index is 1110. The smallest absolute Gasteiger partial charge is 0.384 e. The molecule has 0 aliphatic carbocycles. The van der Waals surface area contributed by atoms with Crippen molar-refractivity contribution < 1.29 is 22.8 Å². The summed E-state index contributed by atoms with van der Waals surface area (Å²) in [6.45, 7) is 6.75. The lowest BCUT2D eigenvalue weighted by molar-refractivity contribution is -0.137. The second-order valence-corrected chi connectivity index (χ2v) is 9.71. The summed E-state index contributed by atoms with van der Waals surface area (Å²) >= 11 is 6.23. The molecule has 182 valence electrons. The standard InChI is InChI=1S/C25H27ClF3N3O2/c1-16-10-19(13-20(26)11-16)24(3)14-22(30-34-24)18-4-5-21(17(2)12-18)23(33)32-9-8-31(15-32)7-6-25(27,28)29/h4-5,10-13H,6-9,14-15H2,1-3H3. The minimum absolute atomic E-state index is 0.101. The lowest BCUT2D eigenvalue weighted by Gasteiger charge is -2.22. The summed E-state index contributed by atoms with van der Waals surface area (Å²) in [5.74, 6) is -0.178. The maximum Gasteiger partial charge on any atom is 0.390 e. The van der Waals surface area contributed by atoms with E-state index in [0.717, 1.165) is 28.0 Å². The van der Waals surface area contributed by atoms with E-state index in [4.69, 9.17) is 16.4 Å². The molecule has 9 heteroatoms. The Morgan fingerprint density at radius 1 is 1.18 bits per heavy atom. The molecule has 2 aromatic rings. The van der Waals surface area contributed by atoms with Gasteiger partial charge >= 0.3 is 6.18 Å². The van der Waals surface area contributed by atoms with E-state index in [1.165, 1.54) is 0 Å². The van der Waals surface area contributed by atoms with E-state index < -0.39 is 18.2 Å². The monoisotopic (exact) mass is 493 g/mol. The second kappa shape index (κ2) is 9.23. The van der Waals surface area contributed by atoms with Gasteiger partial charge in [-0.25, -0.2) is 0 Å². The van der Waals surface area contributed by atoms with Crippen molar-refractivity contribution in [1.29, 1.82) is 0 Å². The first-order valence-corrected chi connectivity index (χ1v) is 11.5. The minimum atomic E-state index is -4.20. The maximum absolute atomic E-state index is 13.0. The molecule has 1 saturated heterocycles. The first-order chi connectivity index (χ1) is 15.9. The number of carbonyl (C=O) groups is 1. The van der Waals surface area contributed by atoms with Gasteiger partial charge < -0.3 is 9.74 Å². The SMILES string of the molecule is Cc1cc(Cl)cc(C2(C)CC(c3ccc(C(=O)N4CCN(CCC(F)(F)F)C4)c(C)c3)=NO2)c1. The van der Waals surface area contributed by atoms with E-state index in [0.29, 0.717) is 30.1 Å². The van der Waals surface area contributed by atoms with Gasteiger partial charge in [0.2, 0.25) is 0 Å². The van der Waals surface area contributed by atoms with Gasteiger partial charge in [-0.1, -0.05) is 28.9 Å². The number of rotatable bonds is 5. The van der Waals surface area contributed by atoms with Crippen molar-refractivity contribution in [1.82, 2.24) is 9.80 Å². The zero-order valence-electron chi connectivity index (χ0n) is 19.4. The van der Waals surface area contributed by atoms with E-state index in [9.17, 15) is 18.0 Å². The van der Waals surface area contributed by atoms with Crippen molar-refractivity contribution in [2.45, 2.75) is 45.4 Å². The van der Waals surface area contributed by atoms with Gasteiger partial charge in [0.05, 0.1) is 18.8 Å². The van der Waals surface area contributed by atoms with Crippen LogP contribution in [0.4, 0.5) is 13.2 Å². The van der Waals surface area contributed by atoms with Crippen molar-refractivity contribution in [2.24, 2.45) is 5.16 Å². The Hall–Kier alpha value is -2.58. The summed E-state index contributed by atoms with van der Waals surface area (Å²) in [5, 5.41) is 4.96. The first-order valence-electron chi connectivity index (χ1n) is 11.2. The molecule has 0 bridgehead atoms. The molecule has 0 saturated carbocycles. The van der Waals surface area contributed by atoms with Crippen molar-refractivity contribution in [2.75, 3.05) is 26.3 Å². The Morgan fingerprint density at radius 2 is 1.94 bits per heavy atom. The largest absolute Gasteiger partial charge is 0.390 e. The van der Waals surface area contributed by atoms with Crippen molar-refractivity contribution in [3.8, 4) is 0 Å². The van der Waals surface area contributed by atoms with Crippen LogP contribution in [0.2, 0.25) is 5.02 Å². The molecule has 0 spiro atoms. The number of alkyl halides is 3. The molecule has 0 N–H and O–H groups in total. The number of hydrogen-bond acceptors (Lipinski definition) is 4. The molecule has 5 nitrogen and oxygen atoms in total. The van der Waals surface area contributed by atoms with Gasteiger partial charge in [-0.05, 0) is 67.3 Å². The third kappa shape index (κ3) is 5.39. The molecule has 0 aromatic heterocycles. The van der Waals surface area contributed by atoms with E-state index in [2.05, 4.69) is 5.16 Å². The lowest BCUT2D eigenvalue weighted by atomic mass is 9.88. The van der Waals surface area contributed by atoms with Crippen molar-refractivity contribution in [3.63, 3.8) is 0 Å². The average molecular weight is 494 g/mol. The van der Waals surface area contributed by atoms with Crippen LogP contribution in [0.1, 0.15) is 52.4 Å². The van der Waals surface area contributed by atoms with Crippen LogP contribution in [0.5, 0.6) is 0 Å². The molecule has 1 amide bonds. The average Bonchev–Trinajstić information content (AvgIpc) is 3.38. The predicted molar refractivity (Wildman–Crippen MR) is 125 cm³/mol. The van der Waals surface area contributed by atoms with Crippen LogP contribution in [0, 0.1) is 13.8 Å². The van der Waals surface area contributed by atoms with E-state index in [-0.39, 0.29) is 19.1 Å². The highest BCUT2D eigenvalue weighted by molar-refractivity contribution is 6.30. The Labute approximate surface area is 202 Å². The van der Waals surface area contributed by atoms with Crippen LogP contribution in [0.25, 0.3) is 0 Å². The fraction of sp³-hybridized carbons (Fsp3) is 0.440. The van der Waals surface area contributed by atoms with Crippen LogP contribution in [-0.4, -0.2) is 53.9 Å². The number of halogens is 4. The van der Waals surface area contributed by atoms with Crippen LogP contribution in [0.15, 0.2) is 41.6 Å². The summed E-state index contributed by atoms with van der Waals surface area (Å²) < 4.78 is 37.5. The fourth-order valence-electron chi connectivity index (χ4n) is 4.42. The van der Waals surface area contributed by atoms with Gasteiger partial charge in [0, 0.05) is 36.6 Å². The van der Waals surface area contributed by atoms with E-state index in [1.54, 1.807) is 15.9 Å². The number of hydrogen-bond donors (Lipinski definition) is 0. The van der Waals surface area contributed by atoms with E-state index >= 15 is 0 Å². The first kappa shape index (κ1) is 24.5. The predicted octanol–water partition coefficient (Wildman–Crippen LogP) is 5.66. The van der Waals surface area contributed by atoms with Gasteiger partial charge in [-0.3, -0.25) is 9.69 Å². The molecular weight excluding hydrogens is 467 g/mol. The summed E-state index contributed by atoms with van der Waals surface area (Å²) in [5.41, 5.74) is 4.32. The molecule has 2 aliphatic heterocycles. The fourth-order valence-corrected chi connectivity index (χ4v) is 4.71. The highest BCUT2D eigenvalue weighted by atomic mass is 35.5. The van der Waals surface area contributed by atoms with Gasteiger partial charge in [0.1, 0.15) is 0 Å². The van der Waals surface area contributed by atoms with Gasteiger partial charge in [-0.15, -0.1) is 0 Å². The molecule has 2 aromatic carbocycles. The highest BCUT2D eigenvalue weighted by Crippen LogP contribution is 2.37. The summed E-state index contributed by atoms with van der Waals surface area (Å²) in [6, 6.07) is 11.3. The van der Waals surface area contributed by atoms with Gasteiger partial charge in [0.15, 0.2) is 5.60 Å². The molecule has 1 unspecified atom stereocenters. The van der Waals surface area contributed by atoms with Gasteiger partial charge in [0.25, 0.3) is 5.91 Å². The Kier molecular flexibility index (Phi) is 6.66. The summed E-state index contributed by atoms with van der Waals surface area (Å²) in [7, 11) is 0. The zero-order valence-corrected chi connectivity index (χ0v) is 20.1. The number of oxime groups is 1. The number of benzene rings is 2. The molecule has 4 rings (SSSR count). The van der Waals surface area contributed by atoms with Crippen LogP contribution >= 0.6 is 11.6 Å². The third-order valence-corrected chi connectivity index (χ3v) is 6.58. The number of carbonyl (C=O) groups excluding carboxylic acids is 1.